The second kappa shape index (κ2) is 10.9. The van der Waals surface area contributed by atoms with Crippen LogP contribution in [0.25, 0.3) is 0 Å². The first-order valence-electron chi connectivity index (χ1n) is 12.3. The molecule has 2 atom stereocenters. The fraction of sp³-hybridized carbons (Fsp3) is 0.519. The van der Waals surface area contributed by atoms with Crippen LogP contribution in [-0.4, -0.2) is 73.6 Å². The lowest BCUT2D eigenvalue weighted by Crippen LogP contribution is -2.61. The summed E-state index contributed by atoms with van der Waals surface area (Å²) in [5.74, 6) is 0.383. The highest BCUT2D eigenvalue weighted by Gasteiger charge is 2.40. The second-order valence-electron chi connectivity index (χ2n) is 9.81. The smallest absolute Gasteiger partial charge is 0.231 e. The van der Waals surface area contributed by atoms with Crippen LogP contribution in [0.5, 0.6) is 0 Å². The number of nitrogens with zero attached hydrogens (tertiary/aromatic N) is 5. The van der Waals surface area contributed by atoms with Gasteiger partial charge in [-0.25, -0.2) is 4.98 Å². The monoisotopic (exact) mass is 460 g/mol. The number of rotatable bonds is 8. The average molecular weight is 461 g/mol. The number of anilines is 2. The Kier molecular flexibility index (Phi) is 7.69. The molecule has 2 aliphatic heterocycles. The Morgan fingerprint density at radius 1 is 1.21 bits per heavy atom. The van der Waals surface area contributed by atoms with Crippen LogP contribution in [0, 0.1) is 23.2 Å². The molecule has 0 aliphatic carbocycles. The minimum absolute atomic E-state index is 0.0158. The molecule has 2 saturated heterocycles. The fourth-order valence-electron chi connectivity index (χ4n) is 4.97. The maximum Gasteiger partial charge on any atom is 0.231 e. The van der Waals surface area contributed by atoms with Gasteiger partial charge in [0.1, 0.15) is 5.82 Å². The van der Waals surface area contributed by atoms with E-state index >= 15 is 0 Å². The number of carbonyl (C=O) groups is 1. The number of benzene rings is 1. The van der Waals surface area contributed by atoms with Crippen molar-refractivity contribution < 1.29 is 4.79 Å². The van der Waals surface area contributed by atoms with E-state index in [0.29, 0.717) is 19.0 Å². The number of nitrogens with one attached hydrogen (secondary N) is 1. The van der Waals surface area contributed by atoms with Gasteiger partial charge in [-0.2, -0.15) is 5.26 Å². The molecular formula is C27H36N6O. The summed E-state index contributed by atoms with van der Waals surface area (Å²) in [5, 5.41) is 13.3. The zero-order valence-corrected chi connectivity index (χ0v) is 20.5. The highest BCUT2D eigenvalue weighted by atomic mass is 16.2. The molecule has 2 fully saturated rings. The van der Waals surface area contributed by atoms with E-state index in [1.807, 2.05) is 42.2 Å². The Labute approximate surface area is 203 Å². The Morgan fingerprint density at radius 3 is 2.59 bits per heavy atom. The van der Waals surface area contributed by atoms with Crippen molar-refractivity contribution in [3.05, 3.63) is 54.2 Å². The highest BCUT2D eigenvalue weighted by molar-refractivity contribution is 5.87. The maximum atomic E-state index is 13.6. The number of aromatic nitrogens is 1. The zero-order chi connectivity index (χ0) is 24.1. The molecule has 2 aromatic rings. The summed E-state index contributed by atoms with van der Waals surface area (Å²) in [6.07, 6.45) is 4.08. The highest BCUT2D eigenvalue weighted by Crippen LogP contribution is 2.34. The third-order valence-electron chi connectivity index (χ3n) is 7.43. The van der Waals surface area contributed by atoms with Gasteiger partial charge >= 0.3 is 0 Å². The molecule has 0 spiro atoms. The summed E-state index contributed by atoms with van der Waals surface area (Å²) >= 11 is 0. The first kappa shape index (κ1) is 24.0. The first-order chi connectivity index (χ1) is 16.5. The van der Waals surface area contributed by atoms with Gasteiger partial charge in [-0.05, 0) is 64.0 Å². The normalized spacial score (nSPS) is 19.1. The molecule has 1 N–H and O–H groups in total. The lowest BCUT2D eigenvalue weighted by molar-refractivity contribution is -0.137. The van der Waals surface area contributed by atoms with Crippen LogP contribution in [0.15, 0.2) is 48.7 Å². The van der Waals surface area contributed by atoms with E-state index in [4.69, 9.17) is 0 Å². The van der Waals surface area contributed by atoms with E-state index in [1.54, 1.807) is 6.20 Å². The predicted molar refractivity (Wildman–Crippen MR) is 136 cm³/mol. The number of hydrogen-bond acceptors (Lipinski definition) is 6. The van der Waals surface area contributed by atoms with Gasteiger partial charge in [0.15, 0.2) is 0 Å². The number of nitriles is 1. The molecule has 0 radical (unpaired) electrons. The van der Waals surface area contributed by atoms with E-state index in [9.17, 15) is 10.1 Å². The Hall–Kier alpha value is -3.11. The third kappa shape index (κ3) is 5.34. The molecule has 7 nitrogen and oxygen atoms in total. The van der Waals surface area contributed by atoms with Crippen molar-refractivity contribution in [3.8, 4) is 6.07 Å². The van der Waals surface area contributed by atoms with Crippen molar-refractivity contribution in [2.24, 2.45) is 11.8 Å². The summed E-state index contributed by atoms with van der Waals surface area (Å²) in [7, 11) is 4.24. The van der Waals surface area contributed by atoms with Crippen LogP contribution in [0.2, 0.25) is 0 Å². The van der Waals surface area contributed by atoms with Crippen LogP contribution in [0.4, 0.5) is 11.5 Å². The van der Waals surface area contributed by atoms with Gasteiger partial charge < -0.3 is 20.0 Å². The summed E-state index contributed by atoms with van der Waals surface area (Å²) in [6, 6.07) is 16.7. The number of para-hydroxylation sites is 1. The number of pyridine rings is 1. The van der Waals surface area contributed by atoms with Crippen LogP contribution >= 0.6 is 0 Å². The average Bonchev–Trinajstić information content (AvgIpc) is 2.84. The molecule has 3 heterocycles. The van der Waals surface area contributed by atoms with Gasteiger partial charge in [0, 0.05) is 44.1 Å². The molecule has 1 aromatic heterocycles. The van der Waals surface area contributed by atoms with Crippen molar-refractivity contribution in [3.63, 3.8) is 0 Å². The van der Waals surface area contributed by atoms with Crippen molar-refractivity contribution in [1.82, 2.24) is 14.8 Å². The van der Waals surface area contributed by atoms with Gasteiger partial charge in [0.25, 0.3) is 0 Å². The number of piperidine rings is 1. The SMILES string of the molecule is CC(C#N)C(C(=O)N1CC(N(C)c2ccccc2)C1)c1cccnc1NCC1CCN(C)CC1. The fourth-order valence-corrected chi connectivity index (χ4v) is 4.97. The topological polar surface area (TPSA) is 75.5 Å². The third-order valence-corrected chi connectivity index (χ3v) is 7.43. The van der Waals surface area contributed by atoms with E-state index in [-0.39, 0.29) is 11.9 Å². The molecule has 180 valence electrons. The van der Waals surface area contributed by atoms with Gasteiger partial charge in [0.2, 0.25) is 5.91 Å². The standard InChI is InChI=1S/C27H36N6O/c1-20(16-28)25(27(34)33-18-23(19-33)32(3)22-8-5-4-6-9-22)24-10-7-13-29-26(24)30-17-21-11-14-31(2)15-12-21/h4-10,13,20-21,23,25H,11-12,14-15,17-19H2,1-3H3,(H,29,30). The van der Waals surface area contributed by atoms with Crippen LogP contribution < -0.4 is 10.2 Å². The molecule has 0 saturated carbocycles. The maximum absolute atomic E-state index is 13.6. The number of hydrogen-bond donors (Lipinski definition) is 1. The van der Waals surface area contributed by atoms with Crippen molar-refractivity contribution in [2.45, 2.75) is 31.7 Å². The molecule has 2 unspecified atom stereocenters. The minimum atomic E-state index is -0.526. The van der Waals surface area contributed by atoms with Crippen LogP contribution in [0.1, 0.15) is 31.2 Å². The quantitative estimate of drug-likeness (QED) is 0.651. The van der Waals surface area contributed by atoms with E-state index in [0.717, 1.165) is 49.5 Å². The molecular weight excluding hydrogens is 424 g/mol. The van der Waals surface area contributed by atoms with E-state index < -0.39 is 11.8 Å². The number of carbonyl (C=O) groups excluding carboxylic acids is 1. The lowest BCUT2D eigenvalue weighted by Gasteiger charge is -2.46. The molecule has 1 amide bonds. The second-order valence-corrected chi connectivity index (χ2v) is 9.81. The van der Waals surface area contributed by atoms with Gasteiger partial charge in [0.05, 0.1) is 23.9 Å². The predicted octanol–water partition coefficient (Wildman–Crippen LogP) is 3.43. The van der Waals surface area contributed by atoms with E-state index in [2.05, 4.69) is 52.4 Å². The molecule has 7 heteroatoms. The van der Waals surface area contributed by atoms with Crippen molar-refractivity contribution in [2.75, 3.05) is 57.0 Å². The number of likely N-dealkylation sites (N-methyl/N-ethyl adjacent to an activating group) is 1. The Morgan fingerprint density at radius 2 is 1.91 bits per heavy atom. The molecule has 1 aromatic carbocycles. The Balaban J connectivity index is 1.44. The van der Waals surface area contributed by atoms with Crippen LogP contribution in [0.3, 0.4) is 0 Å². The van der Waals surface area contributed by atoms with Gasteiger partial charge in [-0.3, -0.25) is 4.79 Å². The summed E-state index contributed by atoms with van der Waals surface area (Å²) in [4.78, 5) is 24.7. The number of amides is 1. The van der Waals surface area contributed by atoms with Crippen LogP contribution in [-0.2, 0) is 4.79 Å². The number of likely N-dealkylation sites (tertiary alicyclic amines) is 2. The van der Waals surface area contributed by atoms with Crippen molar-refractivity contribution >= 4 is 17.4 Å². The molecule has 2 aliphatic rings. The summed E-state index contributed by atoms with van der Waals surface area (Å²) in [5.41, 5.74) is 1.98. The first-order valence-corrected chi connectivity index (χ1v) is 12.3. The largest absolute Gasteiger partial charge is 0.370 e. The summed E-state index contributed by atoms with van der Waals surface area (Å²) in [6.45, 7) is 6.23. The molecule has 0 bridgehead atoms. The van der Waals surface area contributed by atoms with Gasteiger partial charge in [-0.15, -0.1) is 0 Å². The minimum Gasteiger partial charge on any atom is -0.370 e. The van der Waals surface area contributed by atoms with Crippen molar-refractivity contribution in [1.29, 1.82) is 5.26 Å². The zero-order valence-electron chi connectivity index (χ0n) is 20.5. The summed E-state index contributed by atoms with van der Waals surface area (Å²) < 4.78 is 0. The molecule has 34 heavy (non-hydrogen) atoms. The molecule has 4 rings (SSSR count). The lowest BCUT2D eigenvalue weighted by atomic mass is 9.85. The van der Waals surface area contributed by atoms with Gasteiger partial charge in [-0.1, -0.05) is 24.3 Å². The van der Waals surface area contributed by atoms with E-state index in [1.165, 1.54) is 0 Å². The Bertz CT molecular complexity index is 992.